The molecule has 0 aliphatic heterocycles. The highest BCUT2D eigenvalue weighted by molar-refractivity contribution is 5.32. The lowest BCUT2D eigenvalue weighted by molar-refractivity contribution is 0.522. The summed E-state index contributed by atoms with van der Waals surface area (Å²) in [5.74, 6) is -0.0915. The first-order chi connectivity index (χ1) is 10.1. The molecule has 1 aromatic carbocycles. The van der Waals surface area contributed by atoms with Crippen molar-refractivity contribution in [3.63, 3.8) is 0 Å². The number of hydrogen-bond acceptors (Lipinski definition) is 2. The number of benzene rings is 1. The molecular formula is C16H19F2N3. The maximum atomic E-state index is 13.6. The van der Waals surface area contributed by atoms with Gasteiger partial charge in [0.25, 0.3) is 0 Å². The topological polar surface area (TPSA) is 29.9 Å². The number of aromatic nitrogens is 2. The summed E-state index contributed by atoms with van der Waals surface area (Å²) in [6.45, 7) is 2.17. The average Bonchev–Trinajstić information content (AvgIpc) is 3.09. The van der Waals surface area contributed by atoms with Crippen molar-refractivity contribution in [3.05, 3.63) is 47.3 Å². The number of anilines is 1. The van der Waals surface area contributed by atoms with Gasteiger partial charge in [-0.1, -0.05) is 12.8 Å². The molecule has 1 aliphatic carbocycles. The largest absolute Gasteiger partial charge is 0.351 e. The van der Waals surface area contributed by atoms with Gasteiger partial charge in [0.1, 0.15) is 11.6 Å². The van der Waals surface area contributed by atoms with E-state index in [9.17, 15) is 8.78 Å². The van der Waals surface area contributed by atoms with Crippen molar-refractivity contribution in [1.82, 2.24) is 9.55 Å². The van der Waals surface area contributed by atoms with E-state index in [0.717, 1.165) is 36.6 Å². The molecule has 1 saturated carbocycles. The van der Waals surface area contributed by atoms with Crippen LogP contribution in [0.15, 0.2) is 24.4 Å². The number of imidazole rings is 1. The average molecular weight is 291 g/mol. The van der Waals surface area contributed by atoms with Gasteiger partial charge in [-0.3, -0.25) is 0 Å². The Bertz CT molecular complexity index is 630. The molecule has 21 heavy (non-hydrogen) atoms. The molecule has 1 aromatic heterocycles. The Balaban J connectivity index is 1.77. The Labute approximate surface area is 123 Å². The van der Waals surface area contributed by atoms with Gasteiger partial charge in [-0.05, 0) is 38.0 Å². The van der Waals surface area contributed by atoms with Gasteiger partial charge in [-0.15, -0.1) is 0 Å². The summed E-state index contributed by atoms with van der Waals surface area (Å²) in [6, 6.07) is 3.97. The van der Waals surface area contributed by atoms with Crippen molar-refractivity contribution in [2.24, 2.45) is 0 Å². The van der Waals surface area contributed by atoms with Crippen molar-refractivity contribution in [2.75, 3.05) is 5.32 Å². The van der Waals surface area contributed by atoms with Crippen molar-refractivity contribution < 1.29 is 8.78 Å². The van der Waals surface area contributed by atoms with Crippen LogP contribution in [0.1, 0.15) is 43.0 Å². The van der Waals surface area contributed by atoms with E-state index in [1.54, 1.807) is 0 Å². The second-order valence-electron chi connectivity index (χ2n) is 5.64. The van der Waals surface area contributed by atoms with Crippen LogP contribution in [0.25, 0.3) is 0 Å². The first-order valence-electron chi connectivity index (χ1n) is 7.37. The van der Waals surface area contributed by atoms with Gasteiger partial charge in [0.2, 0.25) is 5.95 Å². The standard InChI is InChI=1S/C16H19F2N3/c1-11-10-21(14-4-2-3-5-14)16(20-11)19-9-12-8-13(17)6-7-15(12)18/h6-8,10,14H,2-5,9H2,1H3,(H,19,20). The third-order valence-electron chi connectivity index (χ3n) is 4.02. The van der Waals surface area contributed by atoms with Gasteiger partial charge >= 0.3 is 0 Å². The minimum absolute atomic E-state index is 0.229. The molecular weight excluding hydrogens is 272 g/mol. The Morgan fingerprint density at radius 1 is 1.29 bits per heavy atom. The van der Waals surface area contributed by atoms with Crippen LogP contribution in [-0.2, 0) is 6.54 Å². The van der Waals surface area contributed by atoms with Gasteiger partial charge in [-0.2, -0.15) is 0 Å². The lowest BCUT2D eigenvalue weighted by Crippen LogP contribution is -2.11. The number of halogens is 2. The summed E-state index contributed by atoms with van der Waals surface area (Å²) < 4.78 is 29.0. The summed E-state index contributed by atoms with van der Waals surface area (Å²) in [5.41, 5.74) is 1.25. The molecule has 0 radical (unpaired) electrons. The molecule has 0 saturated heterocycles. The Morgan fingerprint density at radius 2 is 2.05 bits per heavy atom. The highest BCUT2D eigenvalue weighted by Gasteiger charge is 2.20. The van der Waals surface area contributed by atoms with Crippen molar-refractivity contribution in [2.45, 2.75) is 45.2 Å². The smallest absolute Gasteiger partial charge is 0.203 e. The van der Waals surface area contributed by atoms with Crippen LogP contribution in [0.5, 0.6) is 0 Å². The van der Waals surface area contributed by atoms with Crippen molar-refractivity contribution in [3.8, 4) is 0 Å². The number of rotatable bonds is 4. The molecule has 0 bridgehead atoms. The molecule has 2 aromatic rings. The van der Waals surface area contributed by atoms with Crippen LogP contribution in [0, 0.1) is 18.6 Å². The first kappa shape index (κ1) is 14.0. The normalized spacial score (nSPS) is 15.6. The lowest BCUT2D eigenvalue weighted by Gasteiger charge is -2.15. The van der Waals surface area contributed by atoms with Crippen LogP contribution >= 0.6 is 0 Å². The van der Waals surface area contributed by atoms with Crippen LogP contribution in [0.3, 0.4) is 0 Å². The maximum Gasteiger partial charge on any atom is 0.203 e. The highest BCUT2D eigenvalue weighted by atomic mass is 19.1. The summed E-state index contributed by atoms with van der Waals surface area (Å²) in [6.07, 6.45) is 6.80. The number of aryl methyl sites for hydroxylation is 1. The van der Waals surface area contributed by atoms with Gasteiger partial charge in [0.05, 0.1) is 5.69 Å². The molecule has 5 heteroatoms. The molecule has 0 spiro atoms. The van der Waals surface area contributed by atoms with E-state index >= 15 is 0 Å². The monoisotopic (exact) mass is 291 g/mol. The highest BCUT2D eigenvalue weighted by Crippen LogP contribution is 2.32. The fraction of sp³-hybridized carbons (Fsp3) is 0.438. The first-order valence-corrected chi connectivity index (χ1v) is 7.37. The van der Waals surface area contributed by atoms with Crippen LogP contribution in [-0.4, -0.2) is 9.55 Å². The molecule has 0 atom stereocenters. The predicted octanol–water partition coefficient (Wildman–Crippen LogP) is 4.20. The van der Waals surface area contributed by atoms with E-state index in [1.807, 2.05) is 13.1 Å². The molecule has 3 rings (SSSR count). The second kappa shape index (κ2) is 5.84. The van der Waals surface area contributed by atoms with E-state index in [4.69, 9.17) is 0 Å². The third-order valence-corrected chi connectivity index (χ3v) is 4.02. The fourth-order valence-corrected chi connectivity index (χ4v) is 2.96. The van der Waals surface area contributed by atoms with Gasteiger partial charge in [-0.25, -0.2) is 13.8 Å². The lowest BCUT2D eigenvalue weighted by atomic mass is 10.2. The Kier molecular flexibility index (Phi) is 3.90. The summed E-state index contributed by atoms with van der Waals surface area (Å²) in [5, 5.41) is 3.14. The fourth-order valence-electron chi connectivity index (χ4n) is 2.96. The van der Waals surface area contributed by atoms with Crippen LogP contribution in [0.4, 0.5) is 14.7 Å². The SMILES string of the molecule is Cc1cn(C2CCCC2)c(NCc2cc(F)ccc2F)n1. The van der Waals surface area contributed by atoms with Crippen molar-refractivity contribution in [1.29, 1.82) is 0 Å². The third kappa shape index (κ3) is 3.06. The van der Waals surface area contributed by atoms with E-state index in [-0.39, 0.29) is 6.54 Å². The number of nitrogens with zero attached hydrogens (tertiary/aromatic N) is 2. The predicted molar refractivity (Wildman–Crippen MR) is 78.2 cm³/mol. The minimum Gasteiger partial charge on any atom is -0.351 e. The zero-order valence-electron chi connectivity index (χ0n) is 12.1. The number of nitrogens with one attached hydrogen (secondary N) is 1. The molecule has 3 nitrogen and oxygen atoms in total. The number of hydrogen-bond donors (Lipinski definition) is 1. The summed E-state index contributed by atoms with van der Waals surface area (Å²) in [4.78, 5) is 4.46. The molecule has 112 valence electrons. The Morgan fingerprint density at radius 3 is 2.81 bits per heavy atom. The van der Waals surface area contributed by atoms with Crippen molar-refractivity contribution >= 4 is 5.95 Å². The molecule has 1 fully saturated rings. The van der Waals surface area contributed by atoms with Gasteiger partial charge < -0.3 is 9.88 Å². The van der Waals surface area contributed by atoms with Crippen LogP contribution in [0.2, 0.25) is 0 Å². The molecule has 1 aliphatic rings. The maximum absolute atomic E-state index is 13.6. The second-order valence-corrected chi connectivity index (χ2v) is 5.64. The molecule has 0 unspecified atom stereocenters. The Hall–Kier alpha value is -1.91. The summed E-state index contributed by atoms with van der Waals surface area (Å²) >= 11 is 0. The minimum atomic E-state index is -0.427. The van der Waals surface area contributed by atoms with E-state index in [1.165, 1.54) is 18.9 Å². The zero-order chi connectivity index (χ0) is 14.8. The molecule has 1 N–H and O–H groups in total. The quantitative estimate of drug-likeness (QED) is 0.915. The zero-order valence-corrected chi connectivity index (χ0v) is 12.1. The van der Waals surface area contributed by atoms with Gasteiger partial charge in [0, 0.05) is 24.3 Å². The van der Waals surface area contributed by atoms with E-state index in [0.29, 0.717) is 11.6 Å². The molecule has 1 heterocycles. The van der Waals surface area contributed by atoms with E-state index in [2.05, 4.69) is 14.9 Å². The molecule has 0 amide bonds. The van der Waals surface area contributed by atoms with E-state index < -0.39 is 11.6 Å². The summed E-state index contributed by atoms with van der Waals surface area (Å²) in [7, 11) is 0. The van der Waals surface area contributed by atoms with Gasteiger partial charge in [0.15, 0.2) is 0 Å². The van der Waals surface area contributed by atoms with Crippen LogP contribution < -0.4 is 5.32 Å².